The Morgan fingerprint density at radius 2 is 1.04 bits per heavy atom. The smallest absolute Gasteiger partial charge is 0.462 e. The van der Waals surface area contributed by atoms with Gasteiger partial charge in [-0.25, -0.2) is 4.57 Å². The first-order valence-electron chi connectivity index (χ1n) is 17.9. The van der Waals surface area contributed by atoms with Crippen LogP contribution in [0, 0.1) is 0 Å². The maximum Gasteiger partial charge on any atom is 0.469 e. The highest BCUT2D eigenvalue weighted by Gasteiger charge is 2.22. The van der Waals surface area contributed by atoms with Gasteiger partial charge in [-0.15, -0.1) is 0 Å². The van der Waals surface area contributed by atoms with E-state index in [1.165, 1.54) is 25.7 Å². The van der Waals surface area contributed by atoms with E-state index in [1.54, 1.807) is 0 Å². The van der Waals surface area contributed by atoms with Crippen molar-refractivity contribution in [1.29, 1.82) is 0 Å². The number of allylic oxidation sites excluding steroid dienone is 8. The molecule has 0 radical (unpaired) electrons. The van der Waals surface area contributed by atoms with Gasteiger partial charge in [0.15, 0.2) is 6.10 Å². The third-order valence-electron chi connectivity index (χ3n) is 7.33. The van der Waals surface area contributed by atoms with E-state index in [1.807, 2.05) is 0 Å². The summed E-state index contributed by atoms with van der Waals surface area (Å²) in [6.07, 6.45) is 38.3. The van der Waals surface area contributed by atoms with Crippen molar-refractivity contribution in [2.24, 2.45) is 0 Å². The number of carbonyl (C=O) groups excluding carboxylic acids is 2. The van der Waals surface area contributed by atoms with E-state index in [0.29, 0.717) is 12.8 Å². The Bertz CT molecular complexity index is 890. The minimum absolute atomic E-state index is 0.196. The molecule has 0 unspecified atom stereocenters. The van der Waals surface area contributed by atoms with Crippen molar-refractivity contribution >= 4 is 19.8 Å². The third kappa shape index (κ3) is 34.9. The lowest BCUT2D eigenvalue weighted by Crippen LogP contribution is -2.29. The molecule has 266 valence electrons. The molecule has 0 aromatic heterocycles. The highest BCUT2D eigenvalue weighted by atomic mass is 31.2. The van der Waals surface area contributed by atoms with Crippen LogP contribution in [-0.4, -0.2) is 41.0 Å². The molecule has 0 rings (SSSR count). The summed E-state index contributed by atoms with van der Waals surface area (Å²) in [5.41, 5.74) is 0. The van der Waals surface area contributed by atoms with Crippen LogP contribution in [0.25, 0.3) is 0 Å². The molecule has 0 aliphatic heterocycles. The zero-order valence-electron chi connectivity index (χ0n) is 29.0. The minimum Gasteiger partial charge on any atom is -0.462 e. The number of rotatable bonds is 32. The number of hydrogen-bond donors (Lipinski definition) is 2. The normalized spacial score (nSPS) is 13.0. The summed E-state index contributed by atoms with van der Waals surface area (Å²) >= 11 is 0. The SMILES string of the molecule is CC/C=C/C/C=C/C/C=C/CCCCCCCC(=O)OC[C@H](COP(=O)(O)O)OC(=O)CCCCCCC/C=C/CCCCCC. The fourth-order valence-corrected chi connectivity index (χ4v) is 5.03. The molecule has 1 atom stereocenters. The number of carbonyl (C=O) groups is 2. The van der Waals surface area contributed by atoms with E-state index < -0.39 is 32.5 Å². The number of phosphoric acid groups is 1. The average Bonchev–Trinajstić information content (AvgIpc) is 3.02. The maximum atomic E-state index is 12.3. The quantitative estimate of drug-likeness (QED) is 0.0315. The molecule has 0 fully saturated rings. The fourth-order valence-electron chi connectivity index (χ4n) is 4.67. The molecular formula is C37H65O8P. The van der Waals surface area contributed by atoms with Crippen LogP contribution in [0.15, 0.2) is 48.6 Å². The van der Waals surface area contributed by atoms with Crippen LogP contribution in [0.1, 0.15) is 155 Å². The summed E-state index contributed by atoms with van der Waals surface area (Å²) in [5, 5.41) is 0. The van der Waals surface area contributed by atoms with Gasteiger partial charge in [0.2, 0.25) is 0 Å². The lowest BCUT2D eigenvalue weighted by atomic mass is 10.1. The molecule has 0 amide bonds. The number of hydrogen-bond acceptors (Lipinski definition) is 6. The lowest BCUT2D eigenvalue weighted by Gasteiger charge is -2.18. The second-order valence-electron chi connectivity index (χ2n) is 11.8. The predicted octanol–water partition coefficient (Wildman–Crippen LogP) is 10.4. The Kier molecular flexibility index (Phi) is 31.5. The van der Waals surface area contributed by atoms with E-state index in [9.17, 15) is 14.2 Å². The van der Waals surface area contributed by atoms with Crippen molar-refractivity contribution in [2.75, 3.05) is 13.2 Å². The van der Waals surface area contributed by atoms with E-state index >= 15 is 0 Å². The Morgan fingerprint density at radius 3 is 1.59 bits per heavy atom. The van der Waals surface area contributed by atoms with E-state index in [0.717, 1.165) is 89.9 Å². The van der Waals surface area contributed by atoms with Crippen LogP contribution < -0.4 is 0 Å². The van der Waals surface area contributed by atoms with Crippen molar-refractivity contribution in [3.63, 3.8) is 0 Å². The van der Waals surface area contributed by atoms with E-state index in [2.05, 4.69) is 67.0 Å². The first-order chi connectivity index (χ1) is 22.3. The Balaban J connectivity index is 4.04. The number of unbranched alkanes of at least 4 members (excludes halogenated alkanes) is 14. The van der Waals surface area contributed by atoms with Crippen LogP contribution in [0.5, 0.6) is 0 Å². The Labute approximate surface area is 280 Å². The van der Waals surface area contributed by atoms with Gasteiger partial charge in [-0.3, -0.25) is 14.1 Å². The van der Waals surface area contributed by atoms with Crippen molar-refractivity contribution in [3.8, 4) is 0 Å². The van der Waals surface area contributed by atoms with Gasteiger partial charge >= 0.3 is 19.8 Å². The standard InChI is InChI=1S/C37H65O8P/c1-3-5-7-9-11-13-15-17-18-20-21-23-25-27-29-31-36(38)43-33-35(34-44-46(40,41)42)45-37(39)32-30-28-26-24-22-19-16-14-12-10-8-6-4-2/h5,7,11,13-14,16-18,35H,3-4,6,8-10,12,15,19-34H2,1-2H3,(H2,40,41,42)/b7-5+,13-11+,16-14+,18-17+/t35-/m1/s1. The van der Waals surface area contributed by atoms with E-state index in [4.69, 9.17) is 19.3 Å². The van der Waals surface area contributed by atoms with Crippen LogP contribution in [0.3, 0.4) is 0 Å². The summed E-state index contributed by atoms with van der Waals surface area (Å²) in [6, 6.07) is 0. The molecule has 46 heavy (non-hydrogen) atoms. The van der Waals surface area contributed by atoms with Crippen LogP contribution in [0.4, 0.5) is 0 Å². The second kappa shape index (κ2) is 32.9. The zero-order valence-corrected chi connectivity index (χ0v) is 29.9. The van der Waals surface area contributed by atoms with Gasteiger partial charge in [0, 0.05) is 12.8 Å². The highest BCUT2D eigenvalue weighted by molar-refractivity contribution is 7.46. The molecule has 0 spiro atoms. The first kappa shape index (κ1) is 44.0. The third-order valence-corrected chi connectivity index (χ3v) is 7.82. The second-order valence-corrected chi connectivity index (χ2v) is 13.0. The molecule has 0 aliphatic carbocycles. The van der Waals surface area contributed by atoms with Crippen molar-refractivity contribution in [2.45, 2.75) is 161 Å². The molecule has 0 saturated heterocycles. The number of phosphoric ester groups is 1. The maximum absolute atomic E-state index is 12.3. The van der Waals surface area contributed by atoms with Crippen molar-refractivity contribution in [1.82, 2.24) is 0 Å². The zero-order chi connectivity index (χ0) is 34.0. The molecule has 0 aromatic rings. The minimum atomic E-state index is -4.75. The number of esters is 2. The molecule has 0 aliphatic rings. The number of ether oxygens (including phenoxy) is 2. The summed E-state index contributed by atoms with van der Waals surface area (Å²) < 4.78 is 26.2. The molecule has 0 bridgehead atoms. The van der Waals surface area contributed by atoms with Crippen LogP contribution in [-0.2, 0) is 28.2 Å². The molecular weight excluding hydrogens is 603 g/mol. The average molecular weight is 669 g/mol. The molecule has 2 N–H and O–H groups in total. The molecule has 0 heterocycles. The van der Waals surface area contributed by atoms with Crippen LogP contribution in [0.2, 0.25) is 0 Å². The molecule has 0 saturated carbocycles. The monoisotopic (exact) mass is 668 g/mol. The van der Waals surface area contributed by atoms with Gasteiger partial charge in [-0.1, -0.05) is 120 Å². The summed E-state index contributed by atoms with van der Waals surface area (Å²) in [6.45, 7) is 3.51. The molecule has 8 nitrogen and oxygen atoms in total. The highest BCUT2D eigenvalue weighted by Crippen LogP contribution is 2.35. The summed E-state index contributed by atoms with van der Waals surface area (Å²) in [4.78, 5) is 42.6. The Hall–Kier alpha value is -1.99. The fraction of sp³-hybridized carbons (Fsp3) is 0.730. The van der Waals surface area contributed by atoms with Gasteiger partial charge in [-0.05, 0) is 70.6 Å². The van der Waals surface area contributed by atoms with Gasteiger partial charge in [0.25, 0.3) is 0 Å². The molecule has 9 heteroatoms. The summed E-state index contributed by atoms with van der Waals surface area (Å²) in [7, 11) is -4.75. The topological polar surface area (TPSA) is 119 Å². The first-order valence-corrected chi connectivity index (χ1v) is 19.5. The van der Waals surface area contributed by atoms with E-state index in [-0.39, 0.29) is 19.4 Å². The van der Waals surface area contributed by atoms with Gasteiger partial charge in [-0.2, -0.15) is 0 Å². The van der Waals surface area contributed by atoms with Crippen LogP contribution >= 0.6 is 7.82 Å². The van der Waals surface area contributed by atoms with Gasteiger partial charge in [0.05, 0.1) is 6.61 Å². The van der Waals surface area contributed by atoms with Gasteiger partial charge < -0.3 is 19.3 Å². The Morgan fingerprint density at radius 1 is 0.587 bits per heavy atom. The largest absolute Gasteiger partial charge is 0.469 e. The van der Waals surface area contributed by atoms with Crippen molar-refractivity contribution < 1.29 is 37.9 Å². The lowest BCUT2D eigenvalue weighted by molar-refractivity contribution is -0.161. The summed E-state index contributed by atoms with van der Waals surface area (Å²) in [5.74, 6) is -0.919. The molecule has 0 aromatic carbocycles. The predicted molar refractivity (Wildman–Crippen MR) is 188 cm³/mol. The van der Waals surface area contributed by atoms with Crippen molar-refractivity contribution in [3.05, 3.63) is 48.6 Å². The van der Waals surface area contributed by atoms with Gasteiger partial charge in [0.1, 0.15) is 6.61 Å².